The Hall–Kier alpha value is -4.95. The van der Waals surface area contributed by atoms with Gasteiger partial charge in [-0.05, 0) is 91.4 Å². The number of hydrogen-bond donors (Lipinski definition) is 2. The molecule has 8 heteroatoms. The van der Waals surface area contributed by atoms with Gasteiger partial charge in [-0.2, -0.15) is 0 Å². The number of hydrogen-bond acceptors (Lipinski definition) is 4. The summed E-state index contributed by atoms with van der Waals surface area (Å²) in [6.07, 6.45) is 5.61. The maximum absolute atomic E-state index is 13.5. The second-order valence-corrected chi connectivity index (χ2v) is 11.6. The normalized spacial score (nSPS) is 12.9. The minimum atomic E-state index is -0.540. The summed E-state index contributed by atoms with van der Waals surface area (Å²) < 4.78 is 15.4. The van der Waals surface area contributed by atoms with Gasteiger partial charge in [-0.25, -0.2) is 4.39 Å². The first-order valence-electron chi connectivity index (χ1n) is 14.5. The molecular weight excluding hydrogens is 573 g/mol. The summed E-state index contributed by atoms with van der Waals surface area (Å²) in [4.78, 5) is 40.7. The molecule has 0 saturated heterocycles. The Morgan fingerprint density at radius 1 is 0.841 bits per heavy atom. The molecule has 0 fully saturated rings. The van der Waals surface area contributed by atoms with Gasteiger partial charge in [0.05, 0.1) is 11.3 Å². The molecule has 0 atom stereocenters. The number of halogens is 1. The van der Waals surface area contributed by atoms with E-state index in [1.165, 1.54) is 47.7 Å². The van der Waals surface area contributed by atoms with E-state index in [9.17, 15) is 18.8 Å². The van der Waals surface area contributed by atoms with Gasteiger partial charge < -0.3 is 10.6 Å². The average molecular weight is 604 g/mol. The van der Waals surface area contributed by atoms with Crippen molar-refractivity contribution in [1.82, 2.24) is 9.88 Å². The monoisotopic (exact) mass is 603 g/mol. The molecule has 6 rings (SSSR count). The molecule has 1 aliphatic carbocycles. The van der Waals surface area contributed by atoms with E-state index in [4.69, 9.17) is 0 Å². The Morgan fingerprint density at radius 2 is 1.59 bits per heavy atom. The zero-order valence-corrected chi connectivity index (χ0v) is 24.7. The molecule has 1 heterocycles. The van der Waals surface area contributed by atoms with E-state index in [0.29, 0.717) is 16.8 Å². The lowest BCUT2D eigenvalue weighted by Gasteiger charge is -2.15. The van der Waals surface area contributed by atoms with Gasteiger partial charge in [0, 0.05) is 27.2 Å². The molecule has 0 bridgehead atoms. The van der Waals surface area contributed by atoms with Crippen molar-refractivity contribution in [2.75, 3.05) is 11.1 Å². The zero-order valence-electron chi connectivity index (χ0n) is 23.9. The van der Waals surface area contributed by atoms with Crippen LogP contribution in [-0.2, 0) is 17.6 Å². The van der Waals surface area contributed by atoms with E-state index in [2.05, 4.69) is 16.7 Å². The van der Waals surface area contributed by atoms with E-state index in [-0.39, 0.29) is 17.4 Å². The fraction of sp³-hybridized carbons (Fsp3) is 0.139. The highest BCUT2D eigenvalue weighted by Crippen LogP contribution is 2.33. The molecule has 0 unspecified atom stereocenters. The summed E-state index contributed by atoms with van der Waals surface area (Å²) in [5.41, 5.74) is 4.83. The number of amides is 2. The summed E-state index contributed by atoms with van der Waals surface area (Å²) in [5.74, 6) is -1.12. The highest BCUT2D eigenvalue weighted by molar-refractivity contribution is 8.00. The van der Waals surface area contributed by atoms with Gasteiger partial charge in [0.2, 0.25) is 5.91 Å². The van der Waals surface area contributed by atoms with Crippen molar-refractivity contribution in [1.29, 1.82) is 0 Å². The van der Waals surface area contributed by atoms with Crippen LogP contribution < -0.4 is 10.6 Å². The molecule has 4 aromatic carbocycles. The largest absolute Gasteiger partial charge is 0.321 e. The first kappa shape index (κ1) is 29.1. The summed E-state index contributed by atoms with van der Waals surface area (Å²) in [6, 6.07) is 29.5. The number of para-hydroxylation sites is 1. The predicted octanol–water partition coefficient (Wildman–Crippen LogP) is 7.50. The van der Waals surface area contributed by atoms with Crippen LogP contribution in [-0.4, -0.2) is 28.0 Å². The number of nitrogens with one attached hydrogen (secondary N) is 2. The van der Waals surface area contributed by atoms with Crippen molar-refractivity contribution >= 4 is 52.1 Å². The molecule has 1 aliphatic rings. The molecule has 2 N–H and O–H groups in total. The van der Waals surface area contributed by atoms with Gasteiger partial charge >= 0.3 is 0 Å². The van der Waals surface area contributed by atoms with Crippen molar-refractivity contribution in [3.63, 3.8) is 0 Å². The van der Waals surface area contributed by atoms with Gasteiger partial charge in [-0.3, -0.25) is 19.0 Å². The first-order chi connectivity index (χ1) is 21.5. The van der Waals surface area contributed by atoms with Crippen molar-refractivity contribution in [2.24, 2.45) is 0 Å². The number of aromatic nitrogens is 1. The molecule has 2 amide bonds. The number of nitrogens with zero attached hydrogens (tertiary/aromatic N) is 1. The topological polar surface area (TPSA) is 80.2 Å². The third-order valence-electron chi connectivity index (χ3n) is 7.59. The third-order valence-corrected chi connectivity index (χ3v) is 8.57. The summed E-state index contributed by atoms with van der Waals surface area (Å²) >= 11 is 1.41. The fourth-order valence-corrected chi connectivity index (χ4v) is 6.32. The fourth-order valence-electron chi connectivity index (χ4n) is 5.52. The van der Waals surface area contributed by atoms with Crippen molar-refractivity contribution in [3.8, 4) is 0 Å². The molecule has 0 aliphatic heterocycles. The van der Waals surface area contributed by atoms with Gasteiger partial charge in [0.15, 0.2) is 0 Å². The lowest BCUT2D eigenvalue weighted by atomic mass is 9.96. The number of fused-ring (bicyclic) bond motifs is 3. The number of aryl methyl sites for hydroxylation is 1. The van der Waals surface area contributed by atoms with E-state index in [0.717, 1.165) is 47.2 Å². The van der Waals surface area contributed by atoms with E-state index < -0.39 is 17.6 Å². The number of benzene rings is 4. The Morgan fingerprint density at radius 3 is 2.41 bits per heavy atom. The van der Waals surface area contributed by atoms with Gasteiger partial charge in [-0.15, -0.1) is 11.8 Å². The summed E-state index contributed by atoms with van der Waals surface area (Å²) in [7, 11) is 0. The summed E-state index contributed by atoms with van der Waals surface area (Å²) in [6.45, 7) is 0. The zero-order chi connectivity index (χ0) is 30.5. The Labute approximate surface area is 259 Å². The Balaban J connectivity index is 1.18. The minimum Gasteiger partial charge on any atom is -0.321 e. The van der Waals surface area contributed by atoms with Crippen molar-refractivity contribution in [2.45, 2.75) is 30.6 Å². The van der Waals surface area contributed by atoms with Crippen LogP contribution in [0.15, 0.2) is 114 Å². The van der Waals surface area contributed by atoms with Gasteiger partial charge in [0.25, 0.3) is 11.8 Å². The van der Waals surface area contributed by atoms with Gasteiger partial charge in [0.1, 0.15) is 11.5 Å². The van der Waals surface area contributed by atoms with E-state index >= 15 is 0 Å². The lowest BCUT2D eigenvalue weighted by Crippen LogP contribution is -2.30. The highest BCUT2D eigenvalue weighted by Gasteiger charge is 2.23. The van der Waals surface area contributed by atoms with E-state index in [1.807, 2.05) is 28.8 Å². The molecule has 220 valence electrons. The highest BCUT2D eigenvalue weighted by atomic mass is 32.2. The van der Waals surface area contributed by atoms with Gasteiger partial charge in [-0.1, -0.05) is 54.6 Å². The Kier molecular flexibility index (Phi) is 8.70. The number of thioether (sulfide) groups is 1. The first-order valence-corrected chi connectivity index (χ1v) is 15.5. The molecule has 0 spiro atoms. The summed E-state index contributed by atoms with van der Waals surface area (Å²) in [5, 5.41) is 6.70. The average Bonchev–Trinajstić information content (AvgIpc) is 3.39. The smallest absolute Gasteiger partial charge is 0.272 e. The van der Waals surface area contributed by atoms with Crippen LogP contribution >= 0.6 is 11.8 Å². The van der Waals surface area contributed by atoms with Crippen LogP contribution in [0.4, 0.5) is 10.1 Å². The predicted molar refractivity (Wildman–Crippen MR) is 173 cm³/mol. The maximum Gasteiger partial charge on any atom is 0.272 e. The number of rotatable bonds is 8. The molecule has 6 nitrogen and oxygen atoms in total. The van der Waals surface area contributed by atoms with Crippen LogP contribution in [0.5, 0.6) is 0 Å². The molecule has 5 aromatic rings. The van der Waals surface area contributed by atoms with Crippen molar-refractivity contribution < 1.29 is 18.8 Å². The second kappa shape index (κ2) is 13.1. The molecule has 1 aromatic heterocycles. The quantitative estimate of drug-likeness (QED) is 0.142. The maximum atomic E-state index is 13.5. The molecular formula is C36H30FN3O3S. The molecule has 0 radical (unpaired) electrons. The van der Waals surface area contributed by atoms with E-state index in [1.54, 1.807) is 48.5 Å². The molecule has 0 saturated carbocycles. The van der Waals surface area contributed by atoms with Crippen LogP contribution in [0.3, 0.4) is 0 Å². The number of carbonyl (C=O) groups excluding carboxylic acids is 3. The third kappa shape index (κ3) is 6.50. The second-order valence-electron chi connectivity index (χ2n) is 10.6. The van der Waals surface area contributed by atoms with Crippen LogP contribution in [0, 0.1) is 5.82 Å². The minimum absolute atomic E-state index is 0.00274. The van der Waals surface area contributed by atoms with Crippen LogP contribution in [0.2, 0.25) is 0 Å². The SMILES string of the molecule is O=C(Nc1cccc(SCC(=O)n2c3c(c4ccccc42)CCCC3)c1)/C(=C/c1ccc(F)cc1)NC(=O)c1ccccc1. The Bertz CT molecular complexity index is 1880. The van der Waals surface area contributed by atoms with Crippen LogP contribution in [0.25, 0.3) is 17.0 Å². The number of anilines is 1. The van der Waals surface area contributed by atoms with Crippen molar-refractivity contribution in [3.05, 3.63) is 137 Å². The standard InChI is InChI=1S/C36H30FN3O3S/c37-26-19-17-24(18-20-26)21-31(39-35(42)25-9-2-1-3-10-25)36(43)38-27-11-8-12-28(22-27)44-23-34(41)40-32-15-6-4-13-29(32)30-14-5-7-16-33(30)40/h1-4,6,8-13,15,17-22H,5,7,14,16,23H2,(H,38,43)(H,39,42)/b31-21-. The molecule has 44 heavy (non-hydrogen) atoms. The number of carbonyl (C=O) groups is 3. The lowest BCUT2D eigenvalue weighted by molar-refractivity contribution is -0.113. The van der Waals surface area contributed by atoms with Crippen LogP contribution in [0.1, 0.15) is 44.8 Å².